The van der Waals surface area contributed by atoms with E-state index in [-0.39, 0.29) is 22.9 Å². The number of aliphatic carboxylic acids is 1. The van der Waals surface area contributed by atoms with Gasteiger partial charge in [-0.1, -0.05) is 41.6 Å². The molecule has 0 saturated carbocycles. The van der Waals surface area contributed by atoms with Gasteiger partial charge in [0, 0.05) is 13.1 Å². The molecular weight excluding hydrogens is 356 g/mol. The molecule has 138 valence electrons. The lowest BCUT2D eigenvalue weighted by Crippen LogP contribution is -2.42. The number of aryl methyl sites for hydroxylation is 1. The van der Waals surface area contributed by atoms with E-state index >= 15 is 0 Å². The Bertz CT molecular complexity index is 918. The van der Waals surface area contributed by atoms with E-state index in [1.807, 2.05) is 30.3 Å². The first-order chi connectivity index (χ1) is 12.4. The van der Waals surface area contributed by atoms with Crippen molar-refractivity contribution in [1.82, 2.24) is 9.46 Å². The lowest BCUT2D eigenvalue weighted by atomic mass is 10.0. The fraction of sp³-hybridized carbons (Fsp3) is 0.333. The summed E-state index contributed by atoms with van der Waals surface area (Å²) < 4.78 is 32.6. The molecule has 1 unspecified atom stereocenters. The molecule has 0 aliphatic carbocycles. The molecule has 0 radical (unpaired) electrons. The average molecular weight is 376 g/mol. The predicted octanol–water partition coefficient (Wildman–Crippen LogP) is 2.64. The molecular formula is C18H20N2O5S. The largest absolute Gasteiger partial charge is 0.481 e. The minimum Gasteiger partial charge on any atom is -0.481 e. The third kappa shape index (κ3) is 3.71. The summed E-state index contributed by atoms with van der Waals surface area (Å²) in [6.45, 7) is 1.82. The van der Waals surface area contributed by atoms with E-state index in [2.05, 4.69) is 5.16 Å². The third-order valence-corrected chi connectivity index (χ3v) is 6.42. The zero-order valence-electron chi connectivity index (χ0n) is 14.3. The number of nitrogens with zero attached hydrogens (tertiary/aromatic N) is 2. The molecule has 2 aromatic rings. The van der Waals surface area contributed by atoms with Crippen LogP contribution in [-0.2, 0) is 14.8 Å². The van der Waals surface area contributed by atoms with Gasteiger partial charge in [-0.3, -0.25) is 4.79 Å². The van der Waals surface area contributed by atoms with Crippen LogP contribution in [0, 0.1) is 12.8 Å². The van der Waals surface area contributed by atoms with E-state index in [1.54, 1.807) is 19.1 Å². The monoisotopic (exact) mass is 376 g/mol. The van der Waals surface area contributed by atoms with Crippen molar-refractivity contribution in [3.63, 3.8) is 0 Å². The Labute approximate surface area is 152 Å². The van der Waals surface area contributed by atoms with Gasteiger partial charge >= 0.3 is 5.97 Å². The molecule has 0 spiro atoms. The zero-order chi connectivity index (χ0) is 18.7. The molecule has 1 atom stereocenters. The van der Waals surface area contributed by atoms with Crippen molar-refractivity contribution < 1.29 is 22.8 Å². The lowest BCUT2D eigenvalue weighted by molar-refractivity contribution is -0.142. The van der Waals surface area contributed by atoms with Crippen LogP contribution in [0.1, 0.15) is 29.9 Å². The van der Waals surface area contributed by atoms with Gasteiger partial charge in [0.25, 0.3) is 0 Å². The van der Waals surface area contributed by atoms with Crippen LogP contribution < -0.4 is 0 Å². The molecule has 1 aliphatic heterocycles. The Hall–Kier alpha value is -2.45. The first-order valence-electron chi connectivity index (χ1n) is 8.32. The Kier molecular flexibility index (Phi) is 5.24. The van der Waals surface area contributed by atoms with Gasteiger partial charge in [0.2, 0.25) is 10.0 Å². The Balaban J connectivity index is 1.92. The van der Waals surface area contributed by atoms with Gasteiger partial charge in [0.15, 0.2) is 10.7 Å². The van der Waals surface area contributed by atoms with E-state index in [9.17, 15) is 18.3 Å². The molecule has 0 amide bonds. The number of hydrogen-bond donors (Lipinski definition) is 1. The summed E-state index contributed by atoms with van der Waals surface area (Å²) >= 11 is 0. The maximum absolute atomic E-state index is 13.1. The number of rotatable bonds is 5. The van der Waals surface area contributed by atoms with Gasteiger partial charge in [-0.2, -0.15) is 4.31 Å². The van der Waals surface area contributed by atoms with Crippen LogP contribution in [-0.4, -0.2) is 42.0 Å². The number of carboxylic acids is 1. The summed E-state index contributed by atoms with van der Waals surface area (Å²) in [6.07, 6.45) is 4.30. The van der Waals surface area contributed by atoms with Crippen molar-refractivity contribution in [1.29, 1.82) is 0 Å². The summed E-state index contributed by atoms with van der Waals surface area (Å²) in [7, 11) is -3.89. The number of carbonyl (C=O) groups is 1. The first-order valence-corrected chi connectivity index (χ1v) is 9.76. The number of aromatic nitrogens is 1. The normalized spacial score (nSPS) is 19.0. The summed E-state index contributed by atoms with van der Waals surface area (Å²) in [5.74, 6) is -1.53. The smallest absolute Gasteiger partial charge is 0.307 e. The summed E-state index contributed by atoms with van der Waals surface area (Å²) in [5, 5.41) is 13.0. The van der Waals surface area contributed by atoms with E-state index in [4.69, 9.17) is 4.52 Å². The Morgan fingerprint density at radius 3 is 2.73 bits per heavy atom. The highest BCUT2D eigenvalue weighted by molar-refractivity contribution is 7.89. The average Bonchev–Trinajstić information content (AvgIpc) is 3.02. The van der Waals surface area contributed by atoms with Crippen molar-refractivity contribution in [2.45, 2.75) is 24.7 Å². The molecule has 0 bridgehead atoms. The summed E-state index contributed by atoms with van der Waals surface area (Å²) in [6, 6.07) is 9.42. The number of benzene rings is 1. The topological polar surface area (TPSA) is 101 Å². The van der Waals surface area contributed by atoms with Crippen molar-refractivity contribution in [2.75, 3.05) is 13.1 Å². The zero-order valence-corrected chi connectivity index (χ0v) is 15.1. The van der Waals surface area contributed by atoms with E-state index < -0.39 is 21.9 Å². The fourth-order valence-corrected chi connectivity index (χ4v) is 4.80. The van der Waals surface area contributed by atoms with Crippen molar-refractivity contribution in [3.05, 3.63) is 47.3 Å². The van der Waals surface area contributed by atoms with Crippen LogP contribution in [0.4, 0.5) is 0 Å². The summed E-state index contributed by atoms with van der Waals surface area (Å²) in [4.78, 5) is 11.2. The predicted molar refractivity (Wildman–Crippen MR) is 95.7 cm³/mol. The van der Waals surface area contributed by atoms with Crippen LogP contribution in [0.3, 0.4) is 0 Å². The second-order valence-corrected chi connectivity index (χ2v) is 8.12. The standard InChI is InChI=1S/C18H20N2O5S/c1-13-17(16(25-19-13)10-9-14-6-3-2-4-7-14)26(23,24)20-11-5-8-15(12-20)18(21)22/h2-4,6-7,9-10,15H,5,8,11-12H2,1H3,(H,21,22)/b10-9+. The van der Waals surface area contributed by atoms with E-state index in [0.29, 0.717) is 19.4 Å². The number of hydrogen-bond acceptors (Lipinski definition) is 5. The molecule has 26 heavy (non-hydrogen) atoms. The Morgan fingerprint density at radius 2 is 2.04 bits per heavy atom. The maximum atomic E-state index is 13.1. The minimum atomic E-state index is -3.89. The van der Waals surface area contributed by atoms with Crippen LogP contribution >= 0.6 is 0 Å². The first kappa shape index (κ1) is 18.3. The maximum Gasteiger partial charge on any atom is 0.307 e. The Morgan fingerprint density at radius 1 is 1.31 bits per heavy atom. The summed E-state index contributed by atoms with van der Waals surface area (Å²) in [5.41, 5.74) is 1.16. The minimum absolute atomic E-state index is 0.00396. The van der Waals surface area contributed by atoms with Gasteiger partial charge in [0.1, 0.15) is 5.69 Å². The highest BCUT2D eigenvalue weighted by Crippen LogP contribution is 2.29. The molecule has 1 saturated heterocycles. The fourth-order valence-electron chi connectivity index (χ4n) is 3.03. The van der Waals surface area contributed by atoms with E-state index in [0.717, 1.165) is 5.56 Å². The highest BCUT2D eigenvalue weighted by atomic mass is 32.2. The molecule has 1 fully saturated rings. The molecule has 1 N–H and O–H groups in total. The van der Waals surface area contributed by atoms with Gasteiger partial charge in [-0.25, -0.2) is 8.42 Å². The number of piperidine rings is 1. The van der Waals surface area contributed by atoms with Gasteiger partial charge < -0.3 is 9.63 Å². The lowest BCUT2D eigenvalue weighted by Gasteiger charge is -2.29. The molecule has 3 rings (SSSR count). The second-order valence-electron chi connectivity index (χ2n) is 6.25. The van der Waals surface area contributed by atoms with Crippen LogP contribution in [0.15, 0.2) is 39.8 Å². The number of sulfonamides is 1. The van der Waals surface area contributed by atoms with Gasteiger partial charge in [-0.15, -0.1) is 0 Å². The van der Waals surface area contributed by atoms with Gasteiger partial charge in [-0.05, 0) is 31.4 Å². The third-order valence-electron chi connectivity index (χ3n) is 4.39. The van der Waals surface area contributed by atoms with Crippen molar-refractivity contribution in [2.24, 2.45) is 5.92 Å². The SMILES string of the molecule is Cc1noc(/C=C/c2ccccc2)c1S(=O)(=O)N1CCCC(C(=O)O)C1. The molecule has 1 aromatic heterocycles. The molecule has 8 heteroatoms. The van der Waals surface area contributed by atoms with Crippen LogP contribution in [0.5, 0.6) is 0 Å². The molecule has 1 aliphatic rings. The van der Waals surface area contributed by atoms with Crippen LogP contribution in [0.2, 0.25) is 0 Å². The molecule has 1 aromatic carbocycles. The van der Waals surface area contributed by atoms with Crippen molar-refractivity contribution in [3.8, 4) is 0 Å². The molecule has 2 heterocycles. The molecule has 7 nitrogen and oxygen atoms in total. The quantitative estimate of drug-likeness (QED) is 0.861. The van der Waals surface area contributed by atoms with E-state index in [1.165, 1.54) is 4.31 Å². The van der Waals surface area contributed by atoms with Gasteiger partial charge in [0.05, 0.1) is 5.92 Å². The number of carboxylic acid groups (broad SMARTS) is 1. The highest BCUT2D eigenvalue weighted by Gasteiger charge is 2.36. The second kappa shape index (κ2) is 7.43. The van der Waals surface area contributed by atoms with Crippen molar-refractivity contribution >= 4 is 28.1 Å². The van der Waals surface area contributed by atoms with Crippen LogP contribution in [0.25, 0.3) is 12.2 Å².